The van der Waals surface area contributed by atoms with Gasteiger partial charge < -0.3 is 66.1 Å². The van der Waals surface area contributed by atoms with Gasteiger partial charge in [-0.2, -0.15) is 26.3 Å². The third-order valence-corrected chi connectivity index (χ3v) is 14.3. The molecule has 0 bridgehead atoms. The molecule has 23 nitrogen and oxygen atoms in total. The minimum atomic E-state index is -6.24. The van der Waals surface area contributed by atoms with Crippen molar-refractivity contribution in [3.8, 4) is 23.0 Å². The van der Waals surface area contributed by atoms with Crippen molar-refractivity contribution in [1.82, 2.24) is 0 Å². The number of benzene rings is 3. The van der Waals surface area contributed by atoms with Gasteiger partial charge in [0.25, 0.3) is 0 Å². The minimum Gasteiger partial charge on any atom is -0.743 e. The smallest absolute Gasteiger partial charge is 0.378 e. The molecule has 3 aromatic carbocycles. The average Bonchev–Trinajstić information content (AvgIpc) is 1.29. The van der Waals surface area contributed by atoms with Crippen molar-refractivity contribution in [2.45, 2.75) is 73.8 Å². The highest BCUT2D eigenvalue weighted by atomic mass is 32.2. The lowest BCUT2D eigenvalue weighted by molar-refractivity contribution is -0.0362. The number of sulfone groups is 2. The lowest BCUT2D eigenvalue weighted by Crippen LogP contribution is -2.41. The van der Waals surface area contributed by atoms with Gasteiger partial charge in [-0.25, -0.2) is 52.8 Å². The Kier molecular flexibility index (Phi) is 37.9. The van der Waals surface area contributed by atoms with Crippen LogP contribution in [0.2, 0.25) is 0 Å². The Balaban J connectivity index is 0.000000716. The van der Waals surface area contributed by atoms with E-state index in [1.807, 2.05) is 13.8 Å². The first-order chi connectivity index (χ1) is 41.7. The number of carbonyl (C=O) groups is 3. The second-order valence-electron chi connectivity index (χ2n) is 18.2. The van der Waals surface area contributed by atoms with Crippen LogP contribution in [0.4, 0.5) is 39.5 Å². The van der Waals surface area contributed by atoms with Crippen LogP contribution in [-0.4, -0.2) is 221 Å². The van der Waals surface area contributed by atoms with E-state index in [9.17, 15) is 83.7 Å². The lowest BCUT2D eigenvalue weighted by Gasteiger charge is -2.23. The van der Waals surface area contributed by atoms with E-state index in [1.165, 1.54) is 60.7 Å². The molecule has 3 atom stereocenters. The van der Waals surface area contributed by atoms with E-state index in [0.717, 1.165) is 25.7 Å². The van der Waals surface area contributed by atoms with Crippen molar-refractivity contribution in [3.63, 3.8) is 0 Å². The van der Waals surface area contributed by atoms with Gasteiger partial charge in [0, 0.05) is 38.9 Å². The Morgan fingerprint density at radius 1 is 0.427 bits per heavy atom. The molecule has 0 saturated heterocycles. The molecule has 3 unspecified atom stereocenters. The molecular weight excluding hydrogens is 1280 g/mol. The van der Waals surface area contributed by atoms with E-state index < -0.39 is 102 Å². The molecule has 0 radical (unpaired) electrons. The first kappa shape index (κ1) is 81.2. The summed E-state index contributed by atoms with van der Waals surface area (Å²) in [5, 5.41) is -14.5. The summed E-state index contributed by atoms with van der Waals surface area (Å²) in [6.45, 7) is 3.88. The summed E-state index contributed by atoms with van der Waals surface area (Å²) in [7, 11) is -13.1. The van der Waals surface area contributed by atoms with Crippen LogP contribution >= 0.6 is 0 Å². The fraction of sp³-hybridized carbons (Fsp3) is 0.611. The zero-order valence-electron chi connectivity index (χ0n) is 49.4. The SMILES string of the molecule is CCCCOc1cc(OCCCC)cc(C(=O)OCC(F)C(F)(F)S(=O)(=O)[O-])c1.COCCOCCOCCOc1cc(OCCOCCOCCOC)cc(C(=O)OCC(F)C(F)(F)S(C)(=O)=O)c1.CS(=O)(=O)C(F)(F)C(F)COC(=O)c1ccccc1. The van der Waals surface area contributed by atoms with E-state index in [2.05, 4.69) is 14.2 Å². The first-order valence-corrected chi connectivity index (χ1v) is 32.0. The van der Waals surface area contributed by atoms with Crippen LogP contribution < -0.4 is 18.9 Å². The number of alkyl halides is 9. The summed E-state index contributed by atoms with van der Waals surface area (Å²) in [6, 6.07) is 15.3. The number of carbonyl (C=O) groups excluding carboxylic acids is 3. The lowest BCUT2D eigenvalue weighted by atomic mass is 10.2. The summed E-state index contributed by atoms with van der Waals surface area (Å²) < 4.78 is 262. The predicted octanol–water partition coefficient (Wildman–Crippen LogP) is 7.43. The number of hydrogen-bond acceptors (Lipinski definition) is 23. The van der Waals surface area contributed by atoms with Crippen molar-refractivity contribution in [1.29, 1.82) is 0 Å². The second-order valence-corrected chi connectivity index (χ2v) is 23.8. The highest BCUT2D eigenvalue weighted by molar-refractivity contribution is 7.92. The zero-order chi connectivity index (χ0) is 67.3. The van der Waals surface area contributed by atoms with Gasteiger partial charge in [-0.1, -0.05) is 44.9 Å². The Morgan fingerprint density at radius 3 is 1.00 bits per heavy atom. The molecule has 3 rings (SSSR count). The summed E-state index contributed by atoms with van der Waals surface area (Å²) in [5.74, 6) is -2.56. The first-order valence-electron chi connectivity index (χ1n) is 26.8. The topological polar surface area (TPSA) is 297 Å². The van der Waals surface area contributed by atoms with Gasteiger partial charge in [0.1, 0.15) is 56.0 Å². The predicted molar refractivity (Wildman–Crippen MR) is 298 cm³/mol. The summed E-state index contributed by atoms with van der Waals surface area (Å²) >= 11 is 0. The Labute approximate surface area is 510 Å². The van der Waals surface area contributed by atoms with Crippen LogP contribution in [0.5, 0.6) is 23.0 Å². The number of esters is 3. The van der Waals surface area contributed by atoms with Gasteiger partial charge >= 0.3 is 33.7 Å². The number of hydrogen-bond donors (Lipinski definition) is 0. The van der Waals surface area contributed by atoms with Crippen molar-refractivity contribution in [2.75, 3.05) is 139 Å². The molecule has 3 aromatic rings. The van der Waals surface area contributed by atoms with Crippen LogP contribution in [0.15, 0.2) is 66.7 Å². The minimum absolute atomic E-state index is 0.0531. The largest absolute Gasteiger partial charge is 0.743 e. The molecule has 89 heavy (non-hydrogen) atoms. The number of ether oxygens (including phenoxy) is 13. The van der Waals surface area contributed by atoms with Crippen LogP contribution in [-0.2, 0) is 72.4 Å². The molecule has 0 fully saturated rings. The summed E-state index contributed by atoms with van der Waals surface area (Å²) in [5.41, 5.74) is -0.310. The molecule has 0 spiro atoms. The van der Waals surface area contributed by atoms with E-state index in [0.29, 0.717) is 66.1 Å². The van der Waals surface area contributed by atoms with Crippen molar-refractivity contribution in [3.05, 3.63) is 83.4 Å². The van der Waals surface area contributed by atoms with Gasteiger partial charge in [-0.05, 0) is 49.2 Å². The average molecular weight is 1360 g/mol. The maximum absolute atomic E-state index is 13.9. The maximum atomic E-state index is 13.9. The van der Waals surface area contributed by atoms with E-state index in [1.54, 1.807) is 20.3 Å². The zero-order valence-corrected chi connectivity index (χ0v) is 51.9. The number of halogens is 9. The maximum Gasteiger partial charge on any atom is 0.378 e. The van der Waals surface area contributed by atoms with Crippen LogP contribution in [0, 0.1) is 0 Å². The van der Waals surface area contributed by atoms with Crippen molar-refractivity contribution in [2.24, 2.45) is 0 Å². The van der Waals surface area contributed by atoms with Crippen LogP contribution in [0.3, 0.4) is 0 Å². The number of unbranched alkanes of at least 4 members (excludes halogenated alkanes) is 2. The molecule has 510 valence electrons. The molecule has 0 aromatic heterocycles. The monoisotopic (exact) mass is 1360 g/mol. The second kappa shape index (κ2) is 41.6. The van der Waals surface area contributed by atoms with Gasteiger partial charge in [-0.15, -0.1) is 0 Å². The van der Waals surface area contributed by atoms with E-state index in [4.69, 9.17) is 47.4 Å². The van der Waals surface area contributed by atoms with Crippen molar-refractivity contribution < 1.29 is 145 Å². The standard InChI is InChI=1S/C25H39F3O12S.C18H25F3O7S.C11H11F3O4S/c1-32-4-6-34-8-10-36-12-14-38-21-16-20(24(29)40-19-23(26)25(27,28)41(3,30)31)17-22(18-21)39-15-13-37-11-9-35-7-5-33-2;1-3-5-7-26-14-9-13(10-15(11-14)27-8-6-4-2)17(22)28-12-16(19)18(20,21)29(23,24)25;1-19(16,17)11(13,14)9(12)7-18-10(15)8-5-3-2-4-6-8/h16-18,23H,4-15,19H2,1-3H3;9-11,16H,3-8,12H2,1-2H3,(H,23,24,25);2-6,9H,7H2,1H3/p-1. The van der Waals surface area contributed by atoms with Gasteiger partial charge in [-0.3, -0.25) is 0 Å². The molecule has 0 aliphatic rings. The van der Waals surface area contributed by atoms with Gasteiger partial charge in [0.05, 0.1) is 96.0 Å². The van der Waals surface area contributed by atoms with Gasteiger partial charge in [0.2, 0.25) is 38.2 Å². The molecule has 0 aliphatic carbocycles. The van der Waals surface area contributed by atoms with Crippen molar-refractivity contribution >= 4 is 47.7 Å². The Bertz CT molecular complexity index is 2810. The molecule has 0 saturated carbocycles. The molecule has 0 heterocycles. The fourth-order valence-corrected chi connectivity index (χ4v) is 7.38. The quantitative estimate of drug-likeness (QED) is 0.0175. The van der Waals surface area contributed by atoms with Gasteiger partial charge in [0.15, 0.2) is 10.1 Å². The summed E-state index contributed by atoms with van der Waals surface area (Å²) in [4.78, 5) is 35.9. The molecule has 35 heteroatoms. The highest BCUT2D eigenvalue weighted by Gasteiger charge is 2.52. The number of rotatable bonds is 43. The van der Waals surface area contributed by atoms with Crippen LogP contribution in [0.25, 0.3) is 0 Å². The molecule has 0 amide bonds. The highest BCUT2D eigenvalue weighted by Crippen LogP contribution is 2.32. The van der Waals surface area contributed by atoms with E-state index in [-0.39, 0.29) is 78.6 Å². The molecule has 0 aliphatic heterocycles. The molecule has 0 N–H and O–H groups in total. The Morgan fingerprint density at radius 2 is 0.708 bits per heavy atom. The van der Waals surface area contributed by atoms with Crippen LogP contribution in [0.1, 0.15) is 70.6 Å². The molecular formula is C54H74F9O23S3-. The normalized spacial score (nSPS) is 13.1. The Hall–Kier alpha value is -5.79. The fourth-order valence-electron chi connectivity index (χ4n) is 5.93. The number of methoxy groups -OCH3 is 2. The summed E-state index contributed by atoms with van der Waals surface area (Å²) in [6.07, 6.45) is -6.24. The third kappa shape index (κ3) is 31.2. The third-order valence-electron chi connectivity index (χ3n) is 10.9. The van der Waals surface area contributed by atoms with E-state index >= 15 is 0 Å².